The number of hydrogen-bond acceptors (Lipinski definition) is 4. The lowest BCUT2D eigenvalue weighted by Gasteiger charge is -2.07. The van der Waals surface area contributed by atoms with E-state index in [1.807, 2.05) is 36.4 Å². The first kappa shape index (κ1) is 19.5. The predicted molar refractivity (Wildman–Crippen MR) is 104 cm³/mol. The van der Waals surface area contributed by atoms with E-state index in [4.69, 9.17) is 13.9 Å². The molecule has 0 unspecified atom stereocenters. The number of benzene rings is 2. The number of hydrogen-bond donors (Lipinski definition) is 1. The Bertz CT molecular complexity index is 888. The molecule has 1 aromatic heterocycles. The second-order valence-electron chi connectivity index (χ2n) is 6.15. The van der Waals surface area contributed by atoms with Gasteiger partial charge in [0.15, 0.2) is 0 Å². The van der Waals surface area contributed by atoms with Crippen molar-refractivity contribution in [2.24, 2.45) is 0 Å². The van der Waals surface area contributed by atoms with E-state index in [1.165, 1.54) is 12.1 Å². The van der Waals surface area contributed by atoms with Crippen molar-refractivity contribution >= 4 is 5.91 Å². The van der Waals surface area contributed by atoms with Gasteiger partial charge in [-0.05, 0) is 60.7 Å². The van der Waals surface area contributed by atoms with Crippen LogP contribution in [0.5, 0.6) is 11.5 Å². The smallest absolute Gasteiger partial charge is 0.220 e. The molecule has 0 saturated carbocycles. The van der Waals surface area contributed by atoms with Crippen LogP contribution in [-0.2, 0) is 11.2 Å². The second-order valence-corrected chi connectivity index (χ2v) is 6.15. The van der Waals surface area contributed by atoms with Gasteiger partial charge in [0, 0.05) is 18.4 Å². The Morgan fingerprint density at radius 1 is 1.00 bits per heavy atom. The maximum atomic E-state index is 12.8. The summed E-state index contributed by atoms with van der Waals surface area (Å²) in [5, 5.41) is 2.79. The summed E-state index contributed by atoms with van der Waals surface area (Å²) < 4.78 is 29.2. The highest BCUT2D eigenvalue weighted by Crippen LogP contribution is 2.24. The number of carbonyl (C=O) groups is 1. The number of rotatable bonds is 9. The molecule has 6 heteroatoms. The molecule has 0 aliphatic heterocycles. The number of carbonyl (C=O) groups excluding carboxylic acids is 1. The molecule has 0 fully saturated rings. The normalized spacial score (nSPS) is 10.5. The van der Waals surface area contributed by atoms with Gasteiger partial charge in [0.1, 0.15) is 35.4 Å². The molecular weight excluding hydrogens is 361 g/mol. The molecule has 2 aromatic carbocycles. The van der Waals surface area contributed by atoms with Gasteiger partial charge in [-0.1, -0.05) is 0 Å². The predicted octanol–water partition coefficient (Wildman–Crippen LogP) is 4.22. The van der Waals surface area contributed by atoms with Gasteiger partial charge in [-0.25, -0.2) is 4.39 Å². The summed E-state index contributed by atoms with van der Waals surface area (Å²) in [5.41, 5.74) is 0.953. The van der Waals surface area contributed by atoms with E-state index in [-0.39, 0.29) is 11.7 Å². The zero-order valence-corrected chi connectivity index (χ0v) is 15.6. The van der Waals surface area contributed by atoms with Crippen LogP contribution in [0.15, 0.2) is 65.1 Å². The van der Waals surface area contributed by atoms with Gasteiger partial charge in [0.2, 0.25) is 5.91 Å². The van der Waals surface area contributed by atoms with E-state index < -0.39 is 0 Å². The van der Waals surface area contributed by atoms with E-state index >= 15 is 0 Å². The van der Waals surface area contributed by atoms with E-state index in [1.54, 1.807) is 19.2 Å². The second kappa shape index (κ2) is 9.60. The average molecular weight is 383 g/mol. The van der Waals surface area contributed by atoms with Crippen LogP contribution in [0.1, 0.15) is 12.2 Å². The Morgan fingerprint density at radius 3 is 2.43 bits per heavy atom. The SMILES string of the molecule is COc1ccc(-c2ccc(CCC(=O)NCCOc3ccc(F)cc3)o2)cc1. The van der Waals surface area contributed by atoms with Crippen LogP contribution in [0.25, 0.3) is 11.3 Å². The minimum atomic E-state index is -0.311. The van der Waals surface area contributed by atoms with Crippen molar-refractivity contribution in [3.8, 4) is 22.8 Å². The highest BCUT2D eigenvalue weighted by Gasteiger charge is 2.08. The van der Waals surface area contributed by atoms with Crippen molar-refractivity contribution in [2.75, 3.05) is 20.3 Å². The molecule has 0 bridgehead atoms. The minimum Gasteiger partial charge on any atom is -0.497 e. The Morgan fingerprint density at radius 2 is 1.71 bits per heavy atom. The Kier molecular flexibility index (Phi) is 6.68. The van der Waals surface area contributed by atoms with Crippen LogP contribution in [0.3, 0.4) is 0 Å². The highest BCUT2D eigenvalue weighted by molar-refractivity contribution is 5.76. The Labute approximate surface area is 163 Å². The van der Waals surface area contributed by atoms with Crippen LogP contribution in [0, 0.1) is 5.82 Å². The molecule has 1 amide bonds. The first-order chi connectivity index (χ1) is 13.6. The molecular formula is C22H22FNO4. The van der Waals surface area contributed by atoms with Crippen LogP contribution in [0.4, 0.5) is 4.39 Å². The fourth-order valence-corrected chi connectivity index (χ4v) is 2.64. The van der Waals surface area contributed by atoms with Crippen LogP contribution in [0.2, 0.25) is 0 Å². The first-order valence-corrected chi connectivity index (χ1v) is 9.02. The van der Waals surface area contributed by atoms with E-state index in [9.17, 15) is 9.18 Å². The Hall–Kier alpha value is -3.28. The number of amides is 1. The van der Waals surface area contributed by atoms with Crippen LogP contribution >= 0.6 is 0 Å². The quantitative estimate of drug-likeness (QED) is 0.562. The summed E-state index contributed by atoms with van der Waals surface area (Å²) in [6.07, 6.45) is 0.840. The summed E-state index contributed by atoms with van der Waals surface area (Å²) in [7, 11) is 1.62. The monoisotopic (exact) mass is 383 g/mol. The number of methoxy groups -OCH3 is 1. The van der Waals surface area contributed by atoms with Gasteiger partial charge in [0.05, 0.1) is 13.7 Å². The van der Waals surface area contributed by atoms with E-state index in [0.29, 0.717) is 31.7 Å². The molecule has 5 nitrogen and oxygen atoms in total. The van der Waals surface area contributed by atoms with Gasteiger partial charge in [-0.2, -0.15) is 0 Å². The zero-order chi connectivity index (χ0) is 19.8. The third kappa shape index (κ3) is 5.61. The van der Waals surface area contributed by atoms with E-state index in [0.717, 1.165) is 22.8 Å². The molecule has 0 aliphatic carbocycles. The molecule has 0 spiro atoms. The van der Waals surface area contributed by atoms with Gasteiger partial charge in [-0.3, -0.25) is 4.79 Å². The molecule has 3 aromatic rings. The molecule has 28 heavy (non-hydrogen) atoms. The van der Waals surface area contributed by atoms with Crippen molar-refractivity contribution in [2.45, 2.75) is 12.8 Å². The number of ether oxygens (including phenoxy) is 2. The maximum absolute atomic E-state index is 12.8. The lowest BCUT2D eigenvalue weighted by atomic mass is 10.2. The summed E-state index contributed by atoms with van der Waals surface area (Å²) in [6, 6.07) is 17.1. The van der Waals surface area contributed by atoms with Gasteiger partial charge in [0.25, 0.3) is 0 Å². The topological polar surface area (TPSA) is 60.7 Å². The number of nitrogens with one attached hydrogen (secondary N) is 1. The zero-order valence-electron chi connectivity index (χ0n) is 15.6. The first-order valence-electron chi connectivity index (χ1n) is 9.02. The van der Waals surface area contributed by atoms with Crippen molar-refractivity contribution < 1.29 is 23.1 Å². The third-order valence-corrected chi connectivity index (χ3v) is 4.14. The standard InChI is InChI=1S/C22H22FNO4/c1-26-18-6-2-16(3-7-18)21-12-10-20(28-21)11-13-22(25)24-14-15-27-19-8-4-17(23)5-9-19/h2-10,12H,11,13-15H2,1H3,(H,24,25). The van der Waals surface area contributed by atoms with Gasteiger partial charge in [-0.15, -0.1) is 0 Å². The molecule has 0 saturated heterocycles. The molecule has 0 aliphatic rings. The van der Waals surface area contributed by atoms with Crippen molar-refractivity contribution in [3.63, 3.8) is 0 Å². The summed E-state index contributed by atoms with van der Waals surface area (Å²) in [6.45, 7) is 0.700. The molecule has 146 valence electrons. The molecule has 0 radical (unpaired) electrons. The summed E-state index contributed by atoms with van der Waals surface area (Å²) in [5.74, 6) is 2.47. The average Bonchev–Trinajstić information content (AvgIpc) is 3.20. The minimum absolute atomic E-state index is 0.0786. The van der Waals surface area contributed by atoms with Crippen molar-refractivity contribution in [3.05, 3.63) is 72.2 Å². The molecule has 3 rings (SSSR count). The highest BCUT2D eigenvalue weighted by atomic mass is 19.1. The fraction of sp³-hybridized carbons (Fsp3) is 0.227. The van der Waals surface area contributed by atoms with Crippen molar-refractivity contribution in [1.29, 1.82) is 0 Å². The third-order valence-electron chi connectivity index (χ3n) is 4.14. The van der Waals surface area contributed by atoms with Crippen LogP contribution < -0.4 is 14.8 Å². The molecule has 1 heterocycles. The number of aryl methyl sites for hydroxylation is 1. The molecule has 0 atom stereocenters. The van der Waals surface area contributed by atoms with Crippen LogP contribution in [-0.4, -0.2) is 26.2 Å². The molecule has 1 N–H and O–H groups in total. The fourth-order valence-electron chi connectivity index (χ4n) is 2.64. The largest absolute Gasteiger partial charge is 0.497 e. The van der Waals surface area contributed by atoms with Gasteiger partial charge < -0.3 is 19.2 Å². The number of halogens is 1. The van der Waals surface area contributed by atoms with E-state index in [2.05, 4.69) is 5.32 Å². The van der Waals surface area contributed by atoms with Crippen molar-refractivity contribution in [1.82, 2.24) is 5.32 Å². The maximum Gasteiger partial charge on any atom is 0.220 e. The summed E-state index contributed by atoms with van der Waals surface area (Å²) in [4.78, 5) is 11.9. The summed E-state index contributed by atoms with van der Waals surface area (Å²) >= 11 is 0. The lowest BCUT2D eigenvalue weighted by molar-refractivity contribution is -0.121. The number of furan rings is 1. The van der Waals surface area contributed by atoms with Gasteiger partial charge >= 0.3 is 0 Å². The lowest BCUT2D eigenvalue weighted by Crippen LogP contribution is -2.28. The Balaban J connectivity index is 1.38.